The summed E-state index contributed by atoms with van der Waals surface area (Å²) in [7, 11) is 1.88. The Morgan fingerprint density at radius 1 is 1.43 bits per heavy atom. The largest absolute Gasteiger partial charge is 0.356 e. The Morgan fingerprint density at radius 2 is 2.14 bits per heavy atom. The van der Waals surface area contributed by atoms with Crippen LogP contribution in [-0.2, 0) is 12.8 Å². The minimum Gasteiger partial charge on any atom is -0.356 e. The zero-order chi connectivity index (χ0) is 15.2. The molecule has 0 radical (unpaired) electrons. The van der Waals surface area contributed by atoms with E-state index in [4.69, 9.17) is 0 Å². The first-order valence-electron chi connectivity index (χ1n) is 8.01. The zero-order valence-corrected chi connectivity index (χ0v) is 14.5. The zero-order valence-electron chi connectivity index (χ0n) is 13.7. The van der Waals surface area contributed by atoms with Crippen LogP contribution in [0.1, 0.15) is 37.1 Å². The molecule has 0 aliphatic carbocycles. The van der Waals surface area contributed by atoms with Crippen molar-refractivity contribution in [2.24, 2.45) is 16.8 Å². The van der Waals surface area contributed by atoms with Gasteiger partial charge in [-0.1, -0.05) is 20.8 Å². The number of rotatable bonds is 4. The first-order valence-corrected chi connectivity index (χ1v) is 8.83. The van der Waals surface area contributed by atoms with Crippen molar-refractivity contribution in [3.05, 3.63) is 16.1 Å². The van der Waals surface area contributed by atoms with Gasteiger partial charge in [-0.15, -0.1) is 11.3 Å². The summed E-state index contributed by atoms with van der Waals surface area (Å²) < 4.78 is 0. The van der Waals surface area contributed by atoms with Crippen LogP contribution in [0.25, 0.3) is 0 Å². The molecule has 1 fully saturated rings. The van der Waals surface area contributed by atoms with Crippen LogP contribution in [0.3, 0.4) is 0 Å². The molecule has 2 atom stereocenters. The Hall–Kier alpha value is -1.10. The van der Waals surface area contributed by atoms with E-state index in [2.05, 4.69) is 41.0 Å². The number of hydrogen-bond acceptors (Lipinski definition) is 3. The molecule has 0 amide bonds. The molecule has 1 aromatic heterocycles. The van der Waals surface area contributed by atoms with E-state index in [1.54, 1.807) is 0 Å². The lowest BCUT2D eigenvalue weighted by Crippen LogP contribution is -2.48. The summed E-state index contributed by atoms with van der Waals surface area (Å²) in [5, 5.41) is 4.72. The highest BCUT2D eigenvalue weighted by Gasteiger charge is 2.23. The molecule has 2 heterocycles. The third-order valence-electron chi connectivity index (χ3n) is 3.95. The lowest BCUT2D eigenvalue weighted by Gasteiger charge is -2.37. The second kappa shape index (κ2) is 7.78. The van der Waals surface area contributed by atoms with Crippen LogP contribution in [0, 0.1) is 11.8 Å². The van der Waals surface area contributed by atoms with Gasteiger partial charge in [-0.3, -0.25) is 4.99 Å². The standard InChI is InChI=1S/C16H28N4S/c1-5-14-9-19-15(21-14)6-7-18-16(17-4)20-10-12(2)8-13(3)11-20/h9,12-13H,5-8,10-11H2,1-4H3,(H,17,18). The van der Waals surface area contributed by atoms with Crippen molar-refractivity contribution in [3.8, 4) is 0 Å². The number of nitrogens with one attached hydrogen (secondary N) is 1. The van der Waals surface area contributed by atoms with Crippen LogP contribution in [0.15, 0.2) is 11.2 Å². The van der Waals surface area contributed by atoms with E-state index in [-0.39, 0.29) is 0 Å². The van der Waals surface area contributed by atoms with Gasteiger partial charge < -0.3 is 10.2 Å². The molecule has 2 rings (SSSR count). The SMILES string of the molecule is CCc1cnc(CCNC(=NC)N2CC(C)CC(C)C2)s1. The lowest BCUT2D eigenvalue weighted by atomic mass is 9.92. The molecule has 1 N–H and O–H groups in total. The molecule has 4 nitrogen and oxygen atoms in total. The summed E-state index contributed by atoms with van der Waals surface area (Å²) >= 11 is 1.82. The predicted molar refractivity (Wildman–Crippen MR) is 91.1 cm³/mol. The van der Waals surface area contributed by atoms with Gasteiger partial charge in [-0.25, -0.2) is 4.98 Å². The normalized spacial score (nSPS) is 23.4. The van der Waals surface area contributed by atoms with E-state index in [9.17, 15) is 0 Å². The van der Waals surface area contributed by atoms with Crippen molar-refractivity contribution in [3.63, 3.8) is 0 Å². The fourth-order valence-corrected chi connectivity index (χ4v) is 3.94. The van der Waals surface area contributed by atoms with E-state index < -0.39 is 0 Å². The number of likely N-dealkylation sites (tertiary alicyclic amines) is 1. The molecular formula is C16H28N4S. The predicted octanol–water partition coefficient (Wildman–Crippen LogP) is 2.80. The number of aliphatic imine (C=N–C) groups is 1. The van der Waals surface area contributed by atoms with Crippen molar-refractivity contribution in [1.82, 2.24) is 15.2 Å². The monoisotopic (exact) mass is 308 g/mol. The molecular weight excluding hydrogens is 280 g/mol. The molecule has 0 saturated carbocycles. The third kappa shape index (κ3) is 4.70. The summed E-state index contributed by atoms with van der Waals surface area (Å²) in [5.41, 5.74) is 0. The third-order valence-corrected chi connectivity index (χ3v) is 5.15. The number of aromatic nitrogens is 1. The molecule has 1 aliphatic heterocycles. The Labute approximate surface area is 132 Å². The summed E-state index contributed by atoms with van der Waals surface area (Å²) in [6.45, 7) is 9.97. The van der Waals surface area contributed by atoms with Crippen LogP contribution in [0.4, 0.5) is 0 Å². The number of guanidine groups is 1. The first kappa shape index (κ1) is 16.3. The molecule has 1 aromatic rings. The maximum absolute atomic E-state index is 4.47. The van der Waals surface area contributed by atoms with Gasteiger partial charge in [0.1, 0.15) is 0 Å². The average molecular weight is 308 g/mol. The van der Waals surface area contributed by atoms with E-state index in [0.29, 0.717) is 0 Å². The molecule has 118 valence electrons. The topological polar surface area (TPSA) is 40.5 Å². The van der Waals surface area contributed by atoms with Crippen LogP contribution < -0.4 is 5.32 Å². The maximum Gasteiger partial charge on any atom is 0.193 e. The summed E-state index contributed by atoms with van der Waals surface area (Å²) in [6.07, 6.45) is 5.38. The van der Waals surface area contributed by atoms with Crippen LogP contribution in [0.2, 0.25) is 0 Å². The van der Waals surface area contributed by atoms with Crippen molar-refractivity contribution in [2.75, 3.05) is 26.7 Å². The number of thiazole rings is 1. The summed E-state index contributed by atoms with van der Waals surface area (Å²) in [4.78, 5) is 12.7. The van der Waals surface area contributed by atoms with Crippen LogP contribution in [-0.4, -0.2) is 42.5 Å². The highest BCUT2D eigenvalue weighted by Crippen LogP contribution is 2.20. The minimum atomic E-state index is 0.748. The lowest BCUT2D eigenvalue weighted by molar-refractivity contribution is 0.208. The first-order chi connectivity index (χ1) is 10.1. The second-order valence-electron chi connectivity index (χ2n) is 6.15. The fourth-order valence-electron chi connectivity index (χ4n) is 3.08. The van der Waals surface area contributed by atoms with Crippen LogP contribution in [0.5, 0.6) is 0 Å². The second-order valence-corrected chi connectivity index (χ2v) is 7.35. The highest BCUT2D eigenvalue weighted by molar-refractivity contribution is 7.11. The minimum absolute atomic E-state index is 0.748. The molecule has 1 saturated heterocycles. The van der Waals surface area contributed by atoms with Gasteiger partial charge in [0.2, 0.25) is 0 Å². The molecule has 0 aromatic carbocycles. The molecule has 1 aliphatic rings. The Bertz CT molecular complexity index is 459. The van der Waals surface area contributed by atoms with Crippen molar-refractivity contribution in [2.45, 2.75) is 40.0 Å². The van der Waals surface area contributed by atoms with E-state index in [1.807, 2.05) is 24.6 Å². The van der Waals surface area contributed by atoms with Gasteiger partial charge in [-0.2, -0.15) is 0 Å². The number of aryl methyl sites for hydroxylation is 1. The van der Waals surface area contributed by atoms with Gasteiger partial charge in [0.05, 0.1) is 5.01 Å². The van der Waals surface area contributed by atoms with Crippen LogP contribution >= 0.6 is 11.3 Å². The Balaban J connectivity index is 1.82. The van der Waals surface area contributed by atoms with E-state index in [1.165, 1.54) is 16.3 Å². The molecule has 0 spiro atoms. The molecule has 2 unspecified atom stereocenters. The molecule has 21 heavy (non-hydrogen) atoms. The van der Waals surface area contributed by atoms with Gasteiger partial charge in [-0.05, 0) is 24.7 Å². The highest BCUT2D eigenvalue weighted by atomic mass is 32.1. The fraction of sp³-hybridized carbons (Fsp3) is 0.750. The van der Waals surface area contributed by atoms with E-state index >= 15 is 0 Å². The average Bonchev–Trinajstić information content (AvgIpc) is 2.90. The van der Waals surface area contributed by atoms with Crippen molar-refractivity contribution >= 4 is 17.3 Å². The summed E-state index contributed by atoms with van der Waals surface area (Å²) in [5.74, 6) is 2.54. The molecule has 0 bridgehead atoms. The number of nitrogens with zero attached hydrogens (tertiary/aromatic N) is 3. The van der Waals surface area contributed by atoms with Gasteiger partial charge in [0, 0.05) is 44.2 Å². The number of piperidine rings is 1. The van der Waals surface area contributed by atoms with E-state index in [0.717, 1.165) is 50.3 Å². The Morgan fingerprint density at radius 3 is 2.71 bits per heavy atom. The van der Waals surface area contributed by atoms with Crippen molar-refractivity contribution in [1.29, 1.82) is 0 Å². The quantitative estimate of drug-likeness (QED) is 0.687. The summed E-state index contributed by atoms with van der Waals surface area (Å²) in [6, 6.07) is 0. The number of hydrogen-bond donors (Lipinski definition) is 1. The molecule has 5 heteroatoms. The van der Waals surface area contributed by atoms with Gasteiger partial charge in [0.15, 0.2) is 5.96 Å². The van der Waals surface area contributed by atoms with Gasteiger partial charge >= 0.3 is 0 Å². The van der Waals surface area contributed by atoms with Crippen molar-refractivity contribution < 1.29 is 0 Å². The van der Waals surface area contributed by atoms with Gasteiger partial charge in [0.25, 0.3) is 0 Å². The maximum atomic E-state index is 4.47. The smallest absolute Gasteiger partial charge is 0.193 e. The Kier molecular flexibility index (Phi) is 6.03.